The predicted octanol–water partition coefficient (Wildman–Crippen LogP) is 9.69. The number of fused-ring (bicyclic) bond motifs is 2. The molecular weight excluding hydrogens is 707 g/mol. The topological polar surface area (TPSA) is 25.8 Å². The standard InChI is InChI=1S/2C17H18NSi.2CH3.2ClH.Si.Zr/c2*1-19(2,3)14-11-13-7-6-8-15(16(13)12-14)17-9-4-5-10-18-17;;;;;;/h2*4-12H,1-3H3;2*1H3;2*1H;;/q4*-1;;;;. The molecule has 2 nitrogen and oxygen atoms in total. The van der Waals surface area contributed by atoms with Gasteiger partial charge in [-0.3, -0.25) is 9.97 Å². The van der Waals surface area contributed by atoms with E-state index in [0.717, 1.165) is 11.4 Å². The summed E-state index contributed by atoms with van der Waals surface area (Å²) < 4.78 is 0. The number of pyridine rings is 2. The first-order valence-electron chi connectivity index (χ1n) is 13.6. The van der Waals surface area contributed by atoms with Crippen molar-refractivity contribution in [1.29, 1.82) is 0 Å². The number of hydrogen-bond acceptors (Lipinski definition) is 2. The van der Waals surface area contributed by atoms with Crippen LogP contribution in [0.5, 0.6) is 0 Å². The van der Waals surface area contributed by atoms with E-state index in [-0.39, 0.29) is 39.7 Å². The number of halogens is 2. The monoisotopic (exact) mass is 748 g/mol. The molecule has 8 heteroatoms. The van der Waals surface area contributed by atoms with Gasteiger partial charge in [-0.1, -0.05) is 63.5 Å². The van der Waals surface area contributed by atoms with E-state index in [0.29, 0.717) is 0 Å². The summed E-state index contributed by atoms with van der Waals surface area (Å²) in [6.45, 7) is 17.4. The Hall–Kier alpha value is -1.93. The van der Waals surface area contributed by atoms with Gasteiger partial charge in [-0.2, -0.15) is 12.1 Å². The second-order valence-electron chi connectivity index (χ2n) is 12.0. The molecule has 0 aliphatic rings. The molecule has 0 aliphatic carbocycles. The summed E-state index contributed by atoms with van der Waals surface area (Å²) in [5.74, 6) is 0. The first-order chi connectivity index (χ1) is 19.1. The first-order valence-corrected chi connectivity index (χ1v) is 24.8. The molecule has 0 aliphatic heterocycles. The van der Waals surface area contributed by atoms with Gasteiger partial charge in [0.1, 0.15) is 0 Å². The fourth-order valence-corrected chi connectivity index (χ4v) is 7.16. The summed E-state index contributed by atoms with van der Waals surface area (Å²) in [5, 5.41) is 8.37. The molecule has 44 heavy (non-hydrogen) atoms. The summed E-state index contributed by atoms with van der Waals surface area (Å²) in [6.07, 6.45) is 3.72. The zero-order chi connectivity index (χ0) is 28.9. The Labute approximate surface area is 296 Å². The average Bonchev–Trinajstić information content (AvgIpc) is 3.61. The van der Waals surface area contributed by atoms with E-state index in [9.17, 15) is 0 Å². The van der Waals surface area contributed by atoms with Crippen LogP contribution in [0.3, 0.4) is 0 Å². The maximum atomic E-state index is 4.48. The normalized spacial score (nSPS) is 10.4. The van der Waals surface area contributed by atoms with Crippen molar-refractivity contribution < 1.29 is 23.3 Å². The van der Waals surface area contributed by atoms with Gasteiger partial charge < -0.3 is 14.9 Å². The molecule has 0 fully saturated rings. The van der Waals surface area contributed by atoms with Crippen molar-refractivity contribution in [2.24, 2.45) is 0 Å². The number of nitrogens with zero attached hydrogens (tertiary/aromatic N) is 2. The number of hydrogen-bond donors (Lipinski definition) is 0. The van der Waals surface area contributed by atoms with Crippen LogP contribution in [0.25, 0.3) is 44.1 Å². The molecule has 0 N–H and O–H groups in total. The second kappa shape index (κ2) is 18.3. The van der Waals surface area contributed by atoms with E-state index in [1.54, 1.807) is 0 Å². The van der Waals surface area contributed by atoms with Crippen LogP contribution in [-0.2, 0) is 23.3 Å². The summed E-state index contributed by atoms with van der Waals surface area (Å²) in [4.78, 5) is 8.96. The maximum absolute atomic E-state index is 4.48. The second-order valence-corrected chi connectivity index (χ2v) is 22.2. The number of benzene rings is 2. The molecular formula is C36H44Cl2N2Si3Zr-4. The fourth-order valence-electron chi connectivity index (χ4n) is 4.83. The van der Waals surface area contributed by atoms with Gasteiger partial charge >= 0.3 is 30.2 Å². The van der Waals surface area contributed by atoms with Crippen molar-refractivity contribution in [3.05, 3.63) is 124 Å². The molecule has 2 radical (unpaired) electrons. The zero-order valence-corrected chi connectivity index (χ0v) is 34.2. The van der Waals surface area contributed by atoms with Crippen LogP contribution in [-0.4, -0.2) is 33.0 Å². The third-order valence-corrected chi connectivity index (χ3v) is 11.2. The summed E-state index contributed by atoms with van der Waals surface area (Å²) in [5.41, 5.74) is 4.59. The zero-order valence-electron chi connectivity index (χ0n) is 27.1. The molecule has 0 unspecified atom stereocenters. The SMILES string of the molecule is C[Si](C)(C)c1cc2c(-c3ccccn3)cccc2[cH-]1.C[Si](C)(C)c1cc2c(-c3ccccn3)cccc2[cH-]1.Cl.Cl.[CH3-].[CH3-].[Si]=[Zr]. The van der Waals surface area contributed by atoms with E-state index < -0.39 is 16.1 Å². The Bertz CT molecular complexity index is 1580. The van der Waals surface area contributed by atoms with Gasteiger partial charge in [-0.05, 0) is 35.4 Å². The number of aromatic nitrogens is 2. The Morgan fingerprint density at radius 3 is 1.20 bits per heavy atom. The molecule has 232 valence electrons. The van der Waals surface area contributed by atoms with Gasteiger partial charge in [-0.15, -0.1) is 93.1 Å². The van der Waals surface area contributed by atoms with Gasteiger partial charge in [0.25, 0.3) is 0 Å². The molecule has 0 bridgehead atoms. The van der Waals surface area contributed by atoms with Gasteiger partial charge in [-0.25, -0.2) is 0 Å². The third kappa shape index (κ3) is 10.0. The van der Waals surface area contributed by atoms with Crippen molar-refractivity contribution in [2.75, 3.05) is 0 Å². The van der Waals surface area contributed by atoms with Gasteiger partial charge in [0, 0.05) is 12.4 Å². The predicted molar refractivity (Wildman–Crippen MR) is 205 cm³/mol. The Kier molecular flexibility index (Phi) is 17.5. The van der Waals surface area contributed by atoms with E-state index >= 15 is 0 Å². The molecule has 0 atom stereocenters. The Morgan fingerprint density at radius 1 is 0.545 bits per heavy atom. The van der Waals surface area contributed by atoms with Crippen molar-refractivity contribution in [2.45, 2.75) is 39.3 Å². The Balaban J connectivity index is 0.000000733. The summed E-state index contributed by atoms with van der Waals surface area (Å²) >= 11 is 1.36. The van der Waals surface area contributed by atoms with Crippen LogP contribution >= 0.6 is 24.8 Å². The quantitative estimate of drug-likeness (QED) is 0.133. The van der Waals surface area contributed by atoms with Crippen molar-refractivity contribution >= 4 is 79.8 Å². The van der Waals surface area contributed by atoms with E-state index in [1.165, 1.54) is 66.4 Å². The van der Waals surface area contributed by atoms with Crippen LogP contribution < -0.4 is 10.4 Å². The third-order valence-electron chi connectivity index (χ3n) is 7.12. The summed E-state index contributed by atoms with van der Waals surface area (Å²) in [7, 11) is -2.52. The minimum absolute atomic E-state index is 0. The van der Waals surface area contributed by atoms with Gasteiger partial charge in [0.15, 0.2) is 0 Å². The molecule has 6 rings (SSSR count). The molecule has 2 heterocycles. The van der Waals surface area contributed by atoms with Crippen LogP contribution in [0.15, 0.2) is 109 Å². The van der Waals surface area contributed by atoms with Gasteiger partial charge in [0.2, 0.25) is 0 Å². The molecule has 0 saturated carbocycles. The molecule has 0 saturated heterocycles. The van der Waals surface area contributed by atoms with Gasteiger partial charge in [0.05, 0.1) is 27.5 Å². The fraction of sp³-hybridized carbons (Fsp3) is 0.167. The van der Waals surface area contributed by atoms with Crippen molar-refractivity contribution in [3.63, 3.8) is 0 Å². The molecule has 0 spiro atoms. The van der Waals surface area contributed by atoms with Crippen molar-refractivity contribution in [3.8, 4) is 22.5 Å². The molecule has 6 aromatic rings. The van der Waals surface area contributed by atoms with E-state index in [4.69, 9.17) is 0 Å². The van der Waals surface area contributed by atoms with Crippen LogP contribution in [0.2, 0.25) is 39.3 Å². The van der Waals surface area contributed by atoms with Crippen LogP contribution in [0.4, 0.5) is 0 Å². The van der Waals surface area contributed by atoms with E-state index in [1.807, 2.05) is 36.7 Å². The van der Waals surface area contributed by atoms with Crippen molar-refractivity contribution in [1.82, 2.24) is 9.97 Å². The Morgan fingerprint density at radius 2 is 0.909 bits per heavy atom. The van der Waals surface area contributed by atoms with Crippen LogP contribution in [0.1, 0.15) is 0 Å². The van der Waals surface area contributed by atoms with Crippen LogP contribution in [0, 0.1) is 14.9 Å². The van der Waals surface area contributed by atoms with E-state index in [2.05, 4.69) is 129 Å². The summed E-state index contributed by atoms with van der Waals surface area (Å²) in [6, 6.07) is 34.6. The average molecular weight is 751 g/mol. The molecule has 0 amide bonds. The first kappa shape index (κ1) is 42.1. The number of rotatable bonds is 4. The molecule has 2 aromatic heterocycles. The minimum atomic E-state index is -1.26. The molecule has 4 aromatic carbocycles.